The normalized spacial score (nSPS) is 18.1. The molecule has 112 valence electrons. The monoisotopic (exact) mass is 294 g/mol. The van der Waals surface area contributed by atoms with E-state index in [9.17, 15) is 19.7 Å². The van der Waals surface area contributed by atoms with Crippen LogP contribution in [-0.4, -0.2) is 48.0 Å². The van der Waals surface area contributed by atoms with Gasteiger partial charge in [0.1, 0.15) is 12.7 Å². The first kappa shape index (κ1) is 14.9. The average molecular weight is 294 g/mol. The van der Waals surface area contributed by atoms with Crippen molar-refractivity contribution in [1.29, 1.82) is 0 Å². The van der Waals surface area contributed by atoms with Crippen molar-refractivity contribution >= 4 is 18.1 Å². The third-order valence-corrected chi connectivity index (χ3v) is 3.01. The van der Waals surface area contributed by atoms with E-state index in [1.807, 2.05) is 0 Å². The van der Waals surface area contributed by atoms with Gasteiger partial charge in [-0.1, -0.05) is 0 Å². The Morgan fingerprint density at radius 2 is 2.19 bits per heavy atom. The zero-order valence-electron chi connectivity index (χ0n) is 11.1. The van der Waals surface area contributed by atoms with Crippen LogP contribution in [0.3, 0.4) is 0 Å². The number of amides is 1. The van der Waals surface area contributed by atoms with Crippen molar-refractivity contribution in [2.24, 2.45) is 0 Å². The van der Waals surface area contributed by atoms with E-state index >= 15 is 0 Å². The van der Waals surface area contributed by atoms with Crippen molar-refractivity contribution < 1.29 is 24.0 Å². The van der Waals surface area contributed by atoms with Crippen LogP contribution in [0.15, 0.2) is 24.3 Å². The second kappa shape index (κ2) is 6.80. The van der Waals surface area contributed by atoms with E-state index in [1.54, 1.807) is 0 Å². The third-order valence-electron chi connectivity index (χ3n) is 3.01. The number of nitrogens with zero attached hydrogens (tertiary/aromatic N) is 2. The molecule has 1 saturated heterocycles. The molecule has 21 heavy (non-hydrogen) atoms. The van der Waals surface area contributed by atoms with Crippen LogP contribution in [0.4, 0.5) is 10.5 Å². The minimum absolute atomic E-state index is 0.0138. The number of carbonyl (C=O) groups excluding carboxylic acids is 2. The number of ether oxygens (including phenoxy) is 2. The molecule has 8 nitrogen and oxygen atoms in total. The first-order valence-electron chi connectivity index (χ1n) is 6.32. The van der Waals surface area contributed by atoms with E-state index in [-0.39, 0.29) is 25.4 Å². The van der Waals surface area contributed by atoms with Crippen molar-refractivity contribution in [2.75, 3.05) is 19.7 Å². The molecule has 1 aliphatic heterocycles. The van der Waals surface area contributed by atoms with Gasteiger partial charge in [0.25, 0.3) is 5.69 Å². The second-order valence-corrected chi connectivity index (χ2v) is 4.47. The zero-order valence-corrected chi connectivity index (χ0v) is 11.1. The number of benzene rings is 1. The van der Waals surface area contributed by atoms with E-state index in [1.165, 1.54) is 29.2 Å². The highest BCUT2D eigenvalue weighted by Gasteiger charge is 2.24. The van der Waals surface area contributed by atoms with Gasteiger partial charge in [0.2, 0.25) is 0 Å². The Balaban J connectivity index is 1.85. The predicted octanol–water partition coefficient (Wildman–Crippen LogP) is 1.13. The first-order valence-corrected chi connectivity index (χ1v) is 6.32. The number of hydrogen-bond donors (Lipinski definition) is 0. The van der Waals surface area contributed by atoms with Crippen molar-refractivity contribution in [1.82, 2.24) is 4.90 Å². The van der Waals surface area contributed by atoms with Gasteiger partial charge in [-0.3, -0.25) is 10.1 Å². The predicted molar refractivity (Wildman–Crippen MR) is 70.7 cm³/mol. The Morgan fingerprint density at radius 1 is 1.48 bits per heavy atom. The van der Waals surface area contributed by atoms with Crippen LogP contribution in [0.1, 0.15) is 5.56 Å². The minimum Gasteiger partial charge on any atom is -0.445 e. The molecular weight excluding hydrogens is 280 g/mol. The topological polar surface area (TPSA) is 99.0 Å². The Labute approximate surface area is 120 Å². The summed E-state index contributed by atoms with van der Waals surface area (Å²) in [5.74, 6) is 0. The Kier molecular flexibility index (Phi) is 4.83. The molecule has 0 radical (unpaired) electrons. The molecule has 1 fully saturated rings. The fraction of sp³-hybridized carbons (Fsp3) is 0.385. The van der Waals surface area contributed by atoms with Crippen molar-refractivity contribution in [3.63, 3.8) is 0 Å². The molecule has 0 unspecified atom stereocenters. The molecule has 0 N–H and O–H groups in total. The van der Waals surface area contributed by atoms with E-state index < -0.39 is 17.1 Å². The van der Waals surface area contributed by atoms with Crippen LogP contribution in [0, 0.1) is 10.1 Å². The Hall–Kier alpha value is -2.48. The molecule has 8 heteroatoms. The molecule has 0 aromatic heterocycles. The number of non-ortho nitro benzene ring substituents is 1. The first-order chi connectivity index (χ1) is 10.1. The number of carbonyl (C=O) groups is 2. The highest BCUT2D eigenvalue weighted by molar-refractivity contribution is 5.69. The van der Waals surface area contributed by atoms with Crippen LogP contribution >= 0.6 is 0 Å². The van der Waals surface area contributed by atoms with Crippen LogP contribution in [-0.2, 0) is 20.9 Å². The summed E-state index contributed by atoms with van der Waals surface area (Å²) in [7, 11) is 0. The smallest absolute Gasteiger partial charge is 0.410 e. The van der Waals surface area contributed by atoms with Crippen LogP contribution in [0.25, 0.3) is 0 Å². The average Bonchev–Trinajstić information content (AvgIpc) is 2.53. The zero-order chi connectivity index (χ0) is 15.2. The van der Waals surface area contributed by atoms with Crippen LogP contribution in [0.2, 0.25) is 0 Å². The summed E-state index contributed by atoms with van der Waals surface area (Å²) in [6, 6.07) is 5.75. The highest BCUT2D eigenvalue weighted by atomic mass is 16.6. The largest absolute Gasteiger partial charge is 0.445 e. The SMILES string of the molecule is O=C[C@H]1CN(C(=O)OCc2ccc([N+](=O)[O-])cc2)CCO1. The number of hydrogen-bond acceptors (Lipinski definition) is 6. The molecule has 1 aromatic carbocycles. The second-order valence-electron chi connectivity index (χ2n) is 4.47. The summed E-state index contributed by atoms with van der Waals surface area (Å²) in [5.41, 5.74) is 0.626. The number of aldehydes is 1. The fourth-order valence-corrected chi connectivity index (χ4v) is 1.87. The van der Waals surface area contributed by atoms with Crippen LogP contribution in [0.5, 0.6) is 0 Å². The van der Waals surface area contributed by atoms with Gasteiger partial charge in [0, 0.05) is 18.7 Å². The van der Waals surface area contributed by atoms with E-state index in [2.05, 4.69) is 0 Å². The molecule has 2 rings (SSSR count). The highest BCUT2D eigenvalue weighted by Crippen LogP contribution is 2.13. The lowest BCUT2D eigenvalue weighted by Gasteiger charge is -2.29. The van der Waals surface area contributed by atoms with E-state index in [4.69, 9.17) is 9.47 Å². The summed E-state index contributed by atoms with van der Waals surface area (Å²) >= 11 is 0. The molecule has 0 aliphatic carbocycles. The maximum Gasteiger partial charge on any atom is 0.410 e. The lowest BCUT2D eigenvalue weighted by Crippen LogP contribution is -2.46. The summed E-state index contributed by atoms with van der Waals surface area (Å²) < 4.78 is 10.2. The molecule has 0 saturated carbocycles. The molecular formula is C13H14N2O6. The molecule has 1 atom stereocenters. The summed E-state index contributed by atoms with van der Waals surface area (Å²) in [6.07, 6.45) is -0.510. The fourth-order valence-electron chi connectivity index (χ4n) is 1.87. The molecule has 1 aromatic rings. The third kappa shape index (κ3) is 3.99. The molecule has 0 bridgehead atoms. The van der Waals surface area contributed by atoms with Gasteiger partial charge in [-0.2, -0.15) is 0 Å². The van der Waals surface area contributed by atoms with Gasteiger partial charge >= 0.3 is 6.09 Å². The van der Waals surface area contributed by atoms with Crippen molar-refractivity contribution in [3.8, 4) is 0 Å². The summed E-state index contributed by atoms with van der Waals surface area (Å²) in [4.78, 5) is 33.9. The molecule has 1 aliphatic rings. The number of morpholine rings is 1. The van der Waals surface area contributed by atoms with E-state index in [0.717, 1.165) is 0 Å². The molecule has 1 heterocycles. The summed E-state index contributed by atoms with van der Waals surface area (Å²) in [6.45, 7) is 0.835. The maximum atomic E-state index is 11.8. The summed E-state index contributed by atoms with van der Waals surface area (Å²) in [5, 5.41) is 10.5. The number of nitro groups is 1. The number of nitro benzene ring substituents is 1. The number of rotatable bonds is 4. The van der Waals surface area contributed by atoms with E-state index in [0.29, 0.717) is 18.4 Å². The van der Waals surface area contributed by atoms with Gasteiger partial charge in [0.05, 0.1) is 18.1 Å². The van der Waals surface area contributed by atoms with Gasteiger partial charge in [0.15, 0.2) is 6.29 Å². The minimum atomic E-state index is -0.620. The van der Waals surface area contributed by atoms with Gasteiger partial charge in [-0.05, 0) is 17.7 Å². The maximum absolute atomic E-state index is 11.8. The molecule has 1 amide bonds. The standard InChI is InChI=1S/C13H14N2O6/c16-8-12-7-14(5-6-20-12)13(17)21-9-10-1-3-11(4-2-10)15(18)19/h1-4,8,12H,5-7,9H2/t12-/m1/s1. The van der Waals surface area contributed by atoms with Gasteiger partial charge in [-0.15, -0.1) is 0 Å². The van der Waals surface area contributed by atoms with Crippen LogP contribution < -0.4 is 0 Å². The lowest BCUT2D eigenvalue weighted by molar-refractivity contribution is -0.384. The Morgan fingerprint density at radius 3 is 2.81 bits per heavy atom. The lowest BCUT2D eigenvalue weighted by atomic mass is 10.2. The van der Waals surface area contributed by atoms with Crippen molar-refractivity contribution in [2.45, 2.75) is 12.7 Å². The van der Waals surface area contributed by atoms with Gasteiger partial charge in [-0.25, -0.2) is 4.79 Å². The van der Waals surface area contributed by atoms with Gasteiger partial charge < -0.3 is 19.2 Å². The van der Waals surface area contributed by atoms with Crippen molar-refractivity contribution in [3.05, 3.63) is 39.9 Å². The molecule has 0 spiro atoms. The quantitative estimate of drug-likeness (QED) is 0.469. The Bertz CT molecular complexity index is 530.